The van der Waals surface area contributed by atoms with Crippen LogP contribution < -0.4 is 19.6 Å². The molecule has 8 saturated heterocycles. The first-order valence-electron chi connectivity index (χ1n) is 43.6. The molecule has 4 aromatic carbocycles. The highest BCUT2D eigenvalue weighted by Crippen LogP contribution is 2.43. The van der Waals surface area contributed by atoms with Gasteiger partial charge in [-0.3, -0.25) is 29.1 Å². The second-order valence-corrected chi connectivity index (χ2v) is 44.0. The number of amides is 4. The first-order chi connectivity index (χ1) is 61.9. The molecule has 40 heteroatoms. The van der Waals surface area contributed by atoms with E-state index in [1.165, 1.54) is 74.2 Å². The highest BCUT2D eigenvalue weighted by atomic mass is 32.2. The Balaban J connectivity index is 0.000000133. The van der Waals surface area contributed by atoms with Crippen molar-refractivity contribution in [3.63, 3.8) is 0 Å². The van der Waals surface area contributed by atoms with E-state index < -0.39 is 98.6 Å². The molecule has 0 spiro atoms. The monoisotopic (exact) mass is 1890 g/mol. The molecular weight excluding hydrogens is 1790 g/mol. The van der Waals surface area contributed by atoms with Crippen LogP contribution in [0.3, 0.4) is 0 Å². The molecule has 3 unspecified atom stereocenters. The lowest BCUT2D eigenvalue weighted by Gasteiger charge is -2.44. The van der Waals surface area contributed by atoms with Gasteiger partial charge in [0.25, 0.3) is 0 Å². The fourth-order valence-corrected chi connectivity index (χ4v) is 24.1. The molecule has 12 heterocycles. The summed E-state index contributed by atoms with van der Waals surface area (Å²) in [6.45, 7) is 5.11. The standard InChI is InChI=1S/2C24H28FN3O3S.2C21H22F4N4O3S/c25-20-5-3-18(4-6-20)23-16-27(21-7-8-22(26-15-21)17-1-2-17)11-12-28(23)24(29)19-9-13-32(30,31)14-10-19;25-20-3-1-2-19(14-20)23-16-27(21-6-7-22(26-15-21)17-4-5-17)10-11-28(23)24(29)18-8-12-32(30,31)13-9-18;2*22-16-3-1-14(2-4-16)17-13-28(19-12-26-18(11-27-19)21(23,24)25)7-8-29(17)20(30)15-5-9-33(31,32)10-6-15/h3-8,15,17,19,23H,1-2,9-14,16H2;1-3,6-7,14-15,17-18,23H,4-5,8-13,16H2;2*1-4,11-12,15,17H,5-10,13H2/t;;17-;/m..0./s1. The van der Waals surface area contributed by atoms with Crippen LogP contribution in [0.4, 0.5) is 66.9 Å². The van der Waals surface area contributed by atoms with Gasteiger partial charge in [-0.25, -0.2) is 71.2 Å². The van der Waals surface area contributed by atoms with Crippen LogP contribution in [0.2, 0.25) is 0 Å². The van der Waals surface area contributed by atoms with Crippen molar-refractivity contribution in [3.05, 3.63) is 227 Å². The van der Waals surface area contributed by atoms with Crippen molar-refractivity contribution < 1.29 is 96.8 Å². The molecule has 10 aliphatic rings. The maximum atomic E-state index is 14.0. The number of piperazine rings is 4. The van der Waals surface area contributed by atoms with E-state index in [0.717, 1.165) is 46.3 Å². The number of hydrogen-bond acceptors (Lipinski definition) is 22. The molecule has 8 aliphatic heterocycles. The van der Waals surface area contributed by atoms with Crippen molar-refractivity contribution in [2.75, 3.05) is 144 Å². The van der Waals surface area contributed by atoms with Gasteiger partial charge in [-0.2, -0.15) is 26.3 Å². The van der Waals surface area contributed by atoms with Gasteiger partial charge in [0, 0.05) is 125 Å². The number of pyridine rings is 2. The number of alkyl halides is 6. The first-order valence-corrected chi connectivity index (χ1v) is 50.9. The molecule has 0 N–H and O–H groups in total. The molecule has 0 radical (unpaired) electrons. The topological polar surface area (TPSA) is 308 Å². The van der Waals surface area contributed by atoms with Gasteiger partial charge < -0.3 is 39.2 Å². The quantitative estimate of drug-likeness (QED) is 0.0913. The minimum atomic E-state index is -4.60. The first kappa shape index (κ1) is 94.2. The Kier molecular flexibility index (Phi) is 28.6. The van der Waals surface area contributed by atoms with Crippen molar-refractivity contribution in [2.24, 2.45) is 23.7 Å². The second-order valence-electron chi connectivity index (χ2n) is 34.8. The molecule has 2 aliphatic carbocycles. The van der Waals surface area contributed by atoms with E-state index in [1.807, 2.05) is 28.3 Å². The van der Waals surface area contributed by atoms with Crippen molar-refractivity contribution in [2.45, 2.75) is 125 Å². The molecule has 8 aromatic rings. The third-order valence-electron chi connectivity index (χ3n) is 26.0. The van der Waals surface area contributed by atoms with E-state index in [9.17, 15) is 96.8 Å². The summed E-state index contributed by atoms with van der Waals surface area (Å²) < 4.78 is 226. The minimum Gasteiger partial charge on any atom is -0.366 e. The molecule has 2 saturated carbocycles. The number of carbonyl (C=O) groups is 4. The maximum absolute atomic E-state index is 14.0. The van der Waals surface area contributed by atoms with Crippen molar-refractivity contribution in [1.82, 2.24) is 49.5 Å². The Hall–Kier alpha value is -10.5. The Bertz CT molecular complexity index is 5590. The van der Waals surface area contributed by atoms with Crippen molar-refractivity contribution in [3.8, 4) is 0 Å². The van der Waals surface area contributed by atoms with Crippen LogP contribution >= 0.6 is 0 Å². The third kappa shape index (κ3) is 23.7. The summed E-state index contributed by atoms with van der Waals surface area (Å²) in [5, 5.41) is 0. The lowest BCUT2D eigenvalue weighted by molar-refractivity contribution is -0.142. The van der Waals surface area contributed by atoms with Gasteiger partial charge >= 0.3 is 12.4 Å². The fourth-order valence-electron chi connectivity index (χ4n) is 18.1. The average molecular weight is 1890 g/mol. The molecule has 26 nitrogen and oxygen atoms in total. The summed E-state index contributed by atoms with van der Waals surface area (Å²) >= 11 is 0. The molecule has 130 heavy (non-hydrogen) atoms. The van der Waals surface area contributed by atoms with E-state index >= 15 is 0 Å². The van der Waals surface area contributed by atoms with E-state index in [1.54, 1.807) is 62.1 Å². The van der Waals surface area contributed by atoms with Gasteiger partial charge in [0.2, 0.25) is 23.6 Å². The fraction of sp³-hybridized carbons (Fsp3) is 0.489. The van der Waals surface area contributed by atoms with Crippen LogP contribution in [-0.4, -0.2) is 231 Å². The van der Waals surface area contributed by atoms with E-state index in [0.29, 0.717) is 113 Å². The van der Waals surface area contributed by atoms with Gasteiger partial charge in [-0.15, -0.1) is 0 Å². The summed E-state index contributed by atoms with van der Waals surface area (Å²) in [4.78, 5) is 92.3. The summed E-state index contributed by atoms with van der Waals surface area (Å²) in [5.74, 6) is -1.45. The zero-order valence-electron chi connectivity index (χ0n) is 71.0. The van der Waals surface area contributed by atoms with Crippen LogP contribution in [0.1, 0.15) is 158 Å². The van der Waals surface area contributed by atoms with Gasteiger partial charge in [0.05, 0.1) is 119 Å². The zero-order chi connectivity index (χ0) is 92.2. The molecule has 10 fully saturated rings. The van der Waals surface area contributed by atoms with E-state index in [2.05, 4.69) is 64.0 Å². The Morgan fingerprint density at radius 2 is 0.577 bits per heavy atom. The number of halogens is 10. The Labute approximate surface area is 748 Å². The number of anilines is 4. The highest BCUT2D eigenvalue weighted by molar-refractivity contribution is 7.92. The number of hydrogen-bond donors (Lipinski definition) is 0. The molecular formula is C90H100F10N14O12S4. The van der Waals surface area contributed by atoms with Gasteiger partial charge in [0.15, 0.2) is 11.4 Å². The third-order valence-corrected chi connectivity index (χ3v) is 32.9. The van der Waals surface area contributed by atoms with Crippen LogP contribution in [-0.2, 0) is 70.9 Å². The van der Waals surface area contributed by atoms with Crippen LogP contribution in [0.15, 0.2) is 159 Å². The number of carbonyl (C=O) groups excluding carboxylic acids is 4. The Morgan fingerprint density at radius 3 is 0.831 bits per heavy atom. The number of aromatic nitrogens is 6. The smallest absolute Gasteiger partial charge is 0.366 e. The van der Waals surface area contributed by atoms with Crippen LogP contribution in [0, 0.1) is 46.9 Å². The largest absolute Gasteiger partial charge is 0.434 e. The lowest BCUT2D eigenvalue weighted by Crippen LogP contribution is -2.53. The summed E-state index contributed by atoms with van der Waals surface area (Å²) in [5.41, 5.74) is 5.09. The number of benzene rings is 4. The summed E-state index contributed by atoms with van der Waals surface area (Å²) in [6.07, 6.45) is 5.39. The van der Waals surface area contributed by atoms with Crippen LogP contribution in [0.5, 0.6) is 0 Å². The number of sulfone groups is 4. The lowest BCUT2D eigenvalue weighted by atomic mass is 9.96. The number of rotatable bonds is 14. The Morgan fingerprint density at radius 1 is 0.292 bits per heavy atom. The second kappa shape index (κ2) is 39.5. The van der Waals surface area contributed by atoms with Gasteiger partial charge in [-0.1, -0.05) is 48.5 Å². The maximum Gasteiger partial charge on any atom is 0.434 e. The minimum absolute atomic E-state index is 0.0103. The van der Waals surface area contributed by atoms with E-state index in [4.69, 9.17) is 0 Å². The molecule has 4 amide bonds. The molecule has 0 bridgehead atoms. The number of nitrogens with zero attached hydrogens (tertiary/aromatic N) is 14. The molecule has 4 aromatic heterocycles. The molecule has 4 atom stereocenters. The SMILES string of the molecule is O=C(C1CCS(=O)(=O)CC1)N1CCN(c2ccc(C3CC3)nc2)CC1c1ccc(F)cc1.O=C(C1CCS(=O)(=O)CC1)N1CCN(c2ccc(C3CC3)nc2)CC1c1cccc(F)c1.O=C(C1CCS(=O)(=O)CC1)N1CCN(c2cnc(C(F)(F)F)cn2)CC1c1ccc(F)cc1.O=C(C1CCS(=O)(=O)CC1)N1CCN(c2cnc(C(F)(F)F)cn2)C[C@H]1c1ccc(F)cc1. The normalized spacial score (nSPS) is 22.8. The summed E-state index contributed by atoms with van der Waals surface area (Å²) in [7, 11) is -12.3. The van der Waals surface area contributed by atoms with Crippen molar-refractivity contribution in [1.29, 1.82) is 0 Å². The predicted molar refractivity (Wildman–Crippen MR) is 464 cm³/mol. The van der Waals surface area contributed by atoms with Crippen LogP contribution in [0.25, 0.3) is 0 Å². The predicted octanol–water partition coefficient (Wildman–Crippen LogP) is 12.3. The zero-order valence-corrected chi connectivity index (χ0v) is 74.3. The average Bonchev–Trinajstić information content (AvgIpc) is 0.849. The molecule has 696 valence electrons. The van der Waals surface area contributed by atoms with Crippen molar-refractivity contribution >= 4 is 86.0 Å². The summed E-state index contributed by atoms with van der Waals surface area (Å²) in [6, 6.07) is 31.0. The highest BCUT2D eigenvalue weighted by Gasteiger charge is 2.45. The van der Waals surface area contributed by atoms with Gasteiger partial charge in [0.1, 0.15) is 74.3 Å². The van der Waals surface area contributed by atoms with Gasteiger partial charge in [-0.05, 0) is 172 Å². The van der Waals surface area contributed by atoms with E-state index in [-0.39, 0.29) is 169 Å². The molecule has 18 rings (SSSR count).